The van der Waals surface area contributed by atoms with Crippen LogP contribution in [0.1, 0.15) is 46.9 Å². The lowest BCUT2D eigenvalue weighted by atomic mass is 9.99. The molecule has 2 atom stereocenters. The first kappa shape index (κ1) is 18.7. The van der Waals surface area contributed by atoms with Crippen molar-refractivity contribution >= 4 is 17.5 Å². The Morgan fingerprint density at radius 1 is 1.00 bits per heavy atom. The Bertz CT molecular complexity index is 769. The summed E-state index contributed by atoms with van der Waals surface area (Å²) in [7, 11) is 0. The molecule has 0 aliphatic carbocycles. The Kier molecular flexibility index (Phi) is 5.93. The van der Waals surface area contributed by atoms with E-state index < -0.39 is 5.91 Å². The van der Waals surface area contributed by atoms with Crippen molar-refractivity contribution in [1.82, 2.24) is 5.32 Å². The number of carbonyl (C=O) groups excluding carboxylic acids is 2. The summed E-state index contributed by atoms with van der Waals surface area (Å²) >= 11 is 0. The van der Waals surface area contributed by atoms with E-state index in [0.29, 0.717) is 11.3 Å². The summed E-state index contributed by atoms with van der Waals surface area (Å²) in [4.78, 5) is 23.5. The van der Waals surface area contributed by atoms with Gasteiger partial charge in [0.15, 0.2) is 0 Å². The van der Waals surface area contributed by atoms with Gasteiger partial charge in [-0.05, 0) is 63.1 Å². The van der Waals surface area contributed by atoms with E-state index in [1.165, 1.54) is 16.7 Å². The van der Waals surface area contributed by atoms with Crippen molar-refractivity contribution in [3.63, 3.8) is 0 Å². The van der Waals surface area contributed by atoms with E-state index in [1.807, 2.05) is 13.8 Å². The molecule has 4 N–H and O–H groups in total. The van der Waals surface area contributed by atoms with Gasteiger partial charge in [-0.3, -0.25) is 14.9 Å². The molecule has 0 aliphatic rings. The van der Waals surface area contributed by atoms with Crippen LogP contribution in [0.25, 0.3) is 0 Å². The Morgan fingerprint density at radius 2 is 1.64 bits per heavy atom. The molecule has 0 heterocycles. The zero-order chi connectivity index (χ0) is 18.6. The minimum Gasteiger partial charge on any atom is -0.366 e. The van der Waals surface area contributed by atoms with E-state index in [-0.39, 0.29) is 18.0 Å². The maximum Gasteiger partial charge on any atom is 0.248 e. The van der Waals surface area contributed by atoms with Crippen LogP contribution in [0.2, 0.25) is 0 Å². The molecule has 0 saturated carbocycles. The van der Waals surface area contributed by atoms with Gasteiger partial charge >= 0.3 is 0 Å². The maximum absolute atomic E-state index is 12.4. The molecule has 2 rings (SSSR count). The predicted molar refractivity (Wildman–Crippen MR) is 101 cm³/mol. The van der Waals surface area contributed by atoms with Crippen molar-refractivity contribution in [2.75, 3.05) is 5.32 Å². The van der Waals surface area contributed by atoms with Crippen LogP contribution >= 0.6 is 0 Å². The third kappa shape index (κ3) is 4.90. The van der Waals surface area contributed by atoms with Gasteiger partial charge in [0.25, 0.3) is 0 Å². The van der Waals surface area contributed by atoms with Crippen molar-refractivity contribution < 1.29 is 9.59 Å². The molecule has 0 unspecified atom stereocenters. The lowest BCUT2D eigenvalue weighted by Crippen LogP contribution is -2.39. The van der Waals surface area contributed by atoms with E-state index in [4.69, 9.17) is 5.73 Å². The van der Waals surface area contributed by atoms with Crippen molar-refractivity contribution in [2.24, 2.45) is 5.73 Å². The van der Waals surface area contributed by atoms with E-state index in [1.54, 1.807) is 24.3 Å². The van der Waals surface area contributed by atoms with Crippen LogP contribution < -0.4 is 16.4 Å². The fraction of sp³-hybridized carbons (Fsp3) is 0.300. The number of nitrogens with two attached hydrogens (primary N) is 1. The molecule has 5 nitrogen and oxygen atoms in total. The predicted octanol–water partition coefficient (Wildman–Crippen LogP) is 3.08. The van der Waals surface area contributed by atoms with Crippen LogP contribution in [0.15, 0.2) is 42.5 Å². The molecule has 0 fully saturated rings. The van der Waals surface area contributed by atoms with Crippen molar-refractivity contribution in [2.45, 2.75) is 39.8 Å². The van der Waals surface area contributed by atoms with Crippen LogP contribution in [-0.2, 0) is 4.79 Å². The number of primary amides is 1. The molecular formula is C20H25N3O2. The number of nitrogens with one attached hydrogen (secondary N) is 2. The highest BCUT2D eigenvalue weighted by Crippen LogP contribution is 2.19. The molecule has 5 heteroatoms. The summed E-state index contributed by atoms with van der Waals surface area (Å²) < 4.78 is 0. The van der Waals surface area contributed by atoms with Gasteiger partial charge < -0.3 is 11.1 Å². The van der Waals surface area contributed by atoms with Gasteiger partial charge in [0.2, 0.25) is 11.8 Å². The highest BCUT2D eigenvalue weighted by molar-refractivity contribution is 5.96. The van der Waals surface area contributed by atoms with Gasteiger partial charge in [0.1, 0.15) is 0 Å². The van der Waals surface area contributed by atoms with Gasteiger partial charge in [-0.2, -0.15) is 0 Å². The molecule has 0 aliphatic heterocycles. The minimum absolute atomic E-state index is 0.0536. The number of aryl methyl sites for hydroxylation is 2. The SMILES string of the molecule is Cc1ccc(C)c([C@H](C)N[C@H](C)C(=O)Nc2ccc(C(N)=O)cc2)c1. The molecule has 0 radical (unpaired) electrons. The second-order valence-electron chi connectivity index (χ2n) is 6.40. The zero-order valence-corrected chi connectivity index (χ0v) is 15.1. The van der Waals surface area contributed by atoms with E-state index >= 15 is 0 Å². The Labute approximate surface area is 148 Å². The number of benzene rings is 2. The summed E-state index contributed by atoms with van der Waals surface area (Å²) in [6.07, 6.45) is 0. The average Bonchev–Trinajstić information content (AvgIpc) is 2.57. The fourth-order valence-corrected chi connectivity index (χ4v) is 2.74. The lowest BCUT2D eigenvalue weighted by Gasteiger charge is -2.22. The first-order chi connectivity index (χ1) is 11.8. The van der Waals surface area contributed by atoms with Crippen molar-refractivity contribution in [3.8, 4) is 0 Å². The van der Waals surface area contributed by atoms with Gasteiger partial charge in [-0.25, -0.2) is 0 Å². The van der Waals surface area contributed by atoms with Crippen LogP contribution in [0, 0.1) is 13.8 Å². The van der Waals surface area contributed by atoms with Crippen LogP contribution in [0.5, 0.6) is 0 Å². The Hall–Kier alpha value is -2.66. The van der Waals surface area contributed by atoms with E-state index in [0.717, 1.165) is 0 Å². The number of hydrogen-bond acceptors (Lipinski definition) is 3. The summed E-state index contributed by atoms with van der Waals surface area (Å²) in [6, 6.07) is 12.5. The topological polar surface area (TPSA) is 84.2 Å². The Balaban J connectivity index is 1.99. The van der Waals surface area contributed by atoms with Gasteiger partial charge in [-0.15, -0.1) is 0 Å². The number of amides is 2. The molecule has 25 heavy (non-hydrogen) atoms. The lowest BCUT2D eigenvalue weighted by molar-refractivity contribution is -0.117. The third-order valence-electron chi connectivity index (χ3n) is 4.23. The quantitative estimate of drug-likeness (QED) is 0.756. The Morgan fingerprint density at radius 3 is 2.24 bits per heavy atom. The van der Waals surface area contributed by atoms with E-state index in [9.17, 15) is 9.59 Å². The van der Waals surface area contributed by atoms with Crippen LogP contribution in [-0.4, -0.2) is 17.9 Å². The molecule has 0 bridgehead atoms. The first-order valence-electron chi connectivity index (χ1n) is 8.32. The normalized spacial score (nSPS) is 13.1. The molecule has 0 aromatic heterocycles. The highest BCUT2D eigenvalue weighted by Gasteiger charge is 2.17. The van der Waals surface area contributed by atoms with E-state index in [2.05, 4.69) is 42.7 Å². The molecule has 2 aromatic carbocycles. The standard InChI is InChI=1S/C20H25N3O2/c1-12-5-6-13(2)18(11-12)14(3)22-15(4)20(25)23-17-9-7-16(8-10-17)19(21)24/h5-11,14-15,22H,1-4H3,(H2,21,24)(H,23,25)/t14-,15+/m0/s1. The van der Waals surface area contributed by atoms with Gasteiger partial charge in [0, 0.05) is 17.3 Å². The second-order valence-corrected chi connectivity index (χ2v) is 6.40. The number of rotatable bonds is 6. The molecule has 0 spiro atoms. The minimum atomic E-state index is -0.490. The number of carbonyl (C=O) groups is 2. The monoisotopic (exact) mass is 339 g/mol. The molecule has 132 valence electrons. The van der Waals surface area contributed by atoms with Crippen molar-refractivity contribution in [1.29, 1.82) is 0 Å². The van der Waals surface area contributed by atoms with Crippen molar-refractivity contribution in [3.05, 3.63) is 64.7 Å². The summed E-state index contributed by atoms with van der Waals surface area (Å²) in [5, 5.41) is 6.16. The summed E-state index contributed by atoms with van der Waals surface area (Å²) in [5.41, 5.74) is 9.82. The van der Waals surface area contributed by atoms with Gasteiger partial charge in [-0.1, -0.05) is 23.8 Å². The summed E-state index contributed by atoms with van der Waals surface area (Å²) in [5.74, 6) is -0.626. The molecule has 2 amide bonds. The van der Waals surface area contributed by atoms with Crippen LogP contribution in [0.4, 0.5) is 5.69 Å². The smallest absolute Gasteiger partial charge is 0.248 e. The summed E-state index contributed by atoms with van der Waals surface area (Å²) in [6.45, 7) is 8.00. The zero-order valence-electron chi connectivity index (χ0n) is 15.1. The highest BCUT2D eigenvalue weighted by atomic mass is 16.2. The third-order valence-corrected chi connectivity index (χ3v) is 4.23. The fourth-order valence-electron chi connectivity index (χ4n) is 2.74. The maximum atomic E-state index is 12.4. The average molecular weight is 339 g/mol. The molecule has 0 saturated heterocycles. The number of anilines is 1. The number of hydrogen-bond donors (Lipinski definition) is 3. The molecule has 2 aromatic rings. The van der Waals surface area contributed by atoms with Crippen LogP contribution in [0.3, 0.4) is 0 Å². The largest absolute Gasteiger partial charge is 0.366 e. The first-order valence-corrected chi connectivity index (χ1v) is 8.32. The second kappa shape index (κ2) is 7.94. The van der Waals surface area contributed by atoms with Gasteiger partial charge in [0.05, 0.1) is 6.04 Å². The molecular weight excluding hydrogens is 314 g/mol.